The Bertz CT molecular complexity index is 333. The Kier molecular flexibility index (Phi) is 6.00. The number of rotatable bonds is 5. The van der Waals surface area contributed by atoms with Gasteiger partial charge in [0.05, 0.1) is 0 Å². The van der Waals surface area contributed by atoms with Crippen LogP contribution >= 0.6 is 0 Å². The fourth-order valence-electron chi connectivity index (χ4n) is 1.28. The molecule has 14 heteroatoms. The van der Waals surface area contributed by atoms with E-state index in [9.17, 15) is 57.1 Å². The van der Waals surface area contributed by atoms with Crippen LogP contribution in [-0.4, -0.2) is 49.5 Å². The van der Waals surface area contributed by atoms with Gasteiger partial charge in [0.25, 0.3) is 6.43 Å². The van der Waals surface area contributed by atoms with Crippen molar-refractivity contribution in [3.8, 4) is 0 Å². The molecule has 0 N–H and O–H groups in total. The maximum Gasteiger partial charge on any atom is 0.422 e. The lowest BCUT2D eigenvalue weighted by atomic mass is 9.90. The first-order chi connectivity index (χ1) is 9.46. The number of ether oxygens (including phenoxy) is 1. The Morgan fingerprint density at radius 1 is 0.636 bits per heavy atom. The molecule has 0 aromatic rings. The third-order valence-corrected chi connectivity index (χ3v) is 2.19. The highest BCUT2D eigenvalue weighted by atomic mass is 19.4. The predicted octanol–water partition coefficient (Wildman–Crippen LogP) is 4.37. The molecule has 0 fully saturated rings. The summed E-state index contributed by atoms with van der Waals surface area (Å²) >= 11 is 0. The fourth-order valence-corrected chi connectivity index (χ4v) is 1.28. The lowest BCUT2D eigenvalue weighted by Gasteiger charge is -2.39. The van der Waals surface area contributed by atoms with Crippen LogP contribution in [0.15, 0.2) is 0 Å². The van der Waals surface area contributed by atoms with Crippen LogP contribution in [0, 0.1) is 0 Å². The van der Waals surface area contributed by atoms with E-state index in [1.807, 2.05) is 0 Å². The van der Waals surface area contributed by atoms with Crippen molar-refractivity contribution in [2.24, 2.45) is 0 Å². The Balaban J connectivity index is 5.98. The summed E-state index contributed by atoms with van der Waals surface area (Å²) in [6.07, 6.45) is -34.7. The second kappa shape index (κ2) is 6.28. The summed E-state index contributed by atoms with van der Waals surface area (Å²) in [7, 11) is 0. The maximum absolute atomic E-state index is 13.0. The minimum Gasteiger partial charge on any atom is -0.353 e. The Hall–Kier alpha value is -0.950. The molecule has 0 bridgehead atoms. The molecule has 0 radical (unpaired) electrons. The van der Waals surface area contributed by atoms with Gasteiger partial charge in [-0.25, -0.2) is 17.6 Å². The normalized spacial score (nSPS) is 19.9. The van der Waals surface area contributed by atoms with Crippen LogP contribution < -0.4 is 0 Å². The molecule has 0 aliphatic heterocycles. The maximum atomic E-state index is 13.0. The van der Waals surface area contributed by atoms with Gasteiger partial charge in [0, 0.05) is 0 Å². The molecule has 2 atom stereocenters. The zero-order valence-electron chi connectivity index (χ0n) is 9.76. The number of alkyl halides is 13. The average Bonchev–Trinajstić information content (AvgIpc) is 2.24. The predicted molar refractivity (Wildman–Crippen MR) is 42.6 cm³/mol. The molecule has 0 amide bonds. The van der Waals surface area contributed by atoms with Crippen LogP contribution in [-0.2, 0) is 4.74 Å². The van der Waals surface area contributed by atoms with E-state index in [2.05, 4.69) is 4.74 Å². The molecule has 0 spiro atoms. The first kappa shape index (κ1) is 21.0. The molecular formula is C8H5F13O. The van der Waals surface area contributed by atoms with Gasteiger partial charge in [-0.1, -0.05) is 0 Å². The molecule has 0 aliphatic rings. The van der Waals surface area contributed by atoms with Crippen molar-refractivity contribution in [2.75, 3.05) is 6.61 Å². The number of hydrogen-bond donors (Lipinski definition) is 0. The van der Waals surface area contributed by atoms with Crippen LogP contribution in [0.3, 0.4) is 0 Å². The molecule has 0 aromatic heterocycles. The molecule has 0 rings (SSSR count). The number of halogens is 13. The zero-order valence-corrected chi connectivity index (χ0v) is 9.76. The van der Waals surface area contributed by atoms with Gasteiger partial charge in [0.2, 0.25) is 17.9 Å². The van der Waals surface area contributed by atoms with Crippen molar-refractivity contribution in [2.45, 2.75) is 42.9 Å². The lowest BCUT2D eigenvalue weighted by Crippen LogP contribution is -2.65. The second-order valence-electron chi connectivity index (χ2n) is 3.87. The smallest absolute Gasteiger partial charge is 0.353 e. The lowest BCUT2D eigenvalue weighted by molar-refractivity contribution is -0.342. The highest BCUT2D eigenvalue weighted by Crippen LogP contribution is 2.46. The highest BCUT2D eigenvalue weighted by molar-refractivity contribution is 5.04. The van der Waals surface area contributed by atoms with Gasteiger partial charge < -0.3 is 4.74 Å². The molecule has 0 aromatic carbocycles. The largest absolute Gasteiger partial charge is 0.422 e. The molecule has 0 saturated heterocycles. The molecule has 22 heavy (non-hydrogen) atoms. The summed E-state index contributed by atoms with van der Waals surface area (Å²) in [5.41, 5.74) is -5.74. The number of hydrogen-bond acceptors (Lipinski definition) is 1. The Labute approximate surface area is 113 Å². The zero-order chi connectivity index (χ0) is 18.1. The first-order valence-electron chi connectivity index (χ1n) is 4.86. The topological polar surface area (TPSA) is 9.23 Å². The van der Waals surface area contributed by atoms with Crippen molar-refractivity contribution < 1.29 is 61.8 Å². The third-order valence-electron chi connectivity index (χ3n) is 2.19. The van der Waals surface area contributed by atoms with E-state index in [0.29, 0.717) is 0 Å². The van der Waals surface area contributed by atoms with Gasteiger partial charge in [0.15, 0.2) is 0 Å². The van der Waals surface area contributed by atoms with E-state index in [4.69, 9.17) is 0 Å². The highest BCUT2D eigenvalue weighted by Gasteiger charge is 2.71. The fraction of sp³-hybridized carbons (Fsp3) is 1.00. The minimum atomic E-state index is -6.53. The van der Waals surface area contributed by atoms with Crippen LogP contribution in [0.2, 0.25) is 0 Å². The van der Waals surface area contributed by atoms with E-state index in [1.54, 1.807) is 0 Å². The molecule has 2 unspecified atom stereocenters. The SMILES string of the molecule is FC(F)C(OCC(F)(F)F)(C(F)C(F)(F)F)C(F)C(F)(F)F. The van der Waals surface area contributed by atoms with E-state index in [0.717, 1.165) is 0 Å². The summed E-state index contributed by atoms with van der Waals surface area (Å²) in [5, 5.41) is 0. The van der Waals surface area contributed by atoms with Gasteiger partial charge in [-0.15, -0.1) is 0 Å². The quantitative estimate of drug-likeness (QED) is 0.659. The van der Waals surface area contributed by atoms with E-state index < -0.39 is 49.5 Å². The van der Waals surface area contributed by atoms with Gasteiger partial charge in [-0.3, -0.25) is 0 Å². The van der Waals surface area contributed by atoms with Crippen LogP contribution in [0.25, 0.3) is 0 Å². The molecule has 1 nitrogen and oxygen atoms in total. The van der Waals surface area contributed by atoms with E-state index >= 15 is 0 Å². The van der Waals surface area contributed by atoms with Gasteiger partial charge in [-0.2, -0.15) is 39.5 Å². The summed E-state index contributed by atoms with van der Waals surface area (Å²) in [6, 6.07) is 0. The minimum absolute atomic E-state index is 2.77. The van der Waals surface area contributed by atoms with E-state index in [-0.39, 0.29) is 0 Å². The van der Waals surface area contributed by atoms with Crippen LogP contribution in [0.4, 0.5) is 57.1 Å². The Morgan fingerprint density at radius 3 is 1.14 bits per heavy atom. The van der Waals surface area contributed by atoms with Gasteiger partial charge in [-0.05, 0) is 0 Å². The Morgan fingerprint density at radius 2 is 0.955 bits per heavy atom. The molecule has 134 valence electrons. The van der Waals surface area contributed by atoms with Crippen molar-refractivity contribution in [1.82, 2.24) is 0 Å². The summed E-state index contributed by atoms with van der Waals surface area (Å²) in [4.78, 5) is 0. The average molecular weight is 364 g/mol. The molecule has 0 aliphatic carbocycles. The first-order valence-corrected chi connectivity index (χ1v) is 4.86. The van der Waals surface area contributed by atoms with Crippen molar-refractivity contribution in [3.05, 3.63) is 0 Å². The summed E-state index contributed by atoms with van der Waals surface area (Å²) < 4.78 is 162. The van der Waals surface area contributed by atoms with Crippen LogP contribution in [0.5, 0.6) is 0 Å². The molecular weight excluding hydrogens is 359 g/mol. The third kappa shape index (κ3) is 4.78. The molecule has 0 heterocycles. The van der Waals surface area contributed by atoms with Crippen LogP contribution in [0.1, 0.15) is 0 Å². The van der Waals surface area contributed by atoms with Crippen molar-refractivity contribution in [3.63, 3.8) is 0 Å². The van der Waals surface area contributed by atoms with Crippen molar-refractivity contribution in [1.29, 1.82) is 0 Å². The summed E-state index contributed by atoms with van der Waals surface area (Å²) in [5.74, 6) is 0. The summed E-state index contributed by atoms with van der Waals surface area (Å²) in [6.45, 7) is -3.15. The van der Waals surface area contributed by atoms with Gasteiger partial charge >= 0.3 is 18.5 Å². The van der Waals surface area contributed by atoms with Gasteiger partial charge in [0.1, 0.15) is 6.61 Å². The standard InChI is InChI=1S/C8H5F13O/c9-2(7(16,17)18)6(4(11)12,3(10)8(19,20)21)22-1-5(13,14)15/h2-4H,1H2. The second-order valence-corrected chi connectivity index (χ2v) is 3.87. The monoisotopic (exact) mass is 364 g/mol. The van der Waals surface area contributed by atoms with E-state index in [1.165, 1.54) is 0 Å². The van der Waals surface area contributed by atoms with Crippen molar-refractivity contribution >= 4 is 0 Å². The molecule has 0 saturated carbocycles.